The first-order chi connectivity index (χ1) is 8.21. The number of halogens is 1. The van der Waals surface area contributed by atoms with Crippen molar-refractivity contribution in [2.24, 2.45) is 0 Å². The van der Waals surface area contributed by atoms with Gasteiger partial charge in [-0.1, -0.05) is 28.1 Å². The number of ether oxygens (including phenoxy) is 3. The van der Waals surface area contributed by atoms with Gasteiger partial charge in [0.1, 0.15) is 5.75 Å². The first-order valence-corrected chi connectivity index (χ1v) is 6.67. The Labute approximate surface area is 111 Å². The number of rotatable bonds is 7. The molecule has 4 heteroatoms. The Morgan fingerprint density at radius 2 is 1.82 bits per heavy atom. The average molecular weight is 303 g/mol. The van der Waals surface area contributed by atoms with Crippen molar-refractivity contribution in [3.63, 3.8) is 0 Å². The fourth-order valence-corrected chi connectivity index (χ4v) is 2.10. The SMILES string of the molecule is COCC(C)OC(CBr)c1ccc(OC)cc1. The smallest absolute Gasteiger partial charge is 0.118 e. The second-order valence-corrected chi connectivity index (χ2v) is 4.47. The van der Waals surface area contributed by atoms with Crippen LogP contribution in [0.15, 0.2) is 24.3 Å². The van der Waals surface area contributed by atoms with Gasteiger partial charge in [0.05, 0.1) is 25.9 Å². The van der Waals surface area contributed by atoms with Crippen LogP contribution < -0.4 is 4.74 Å². The van der Waals surface area contributed by atoms with E-state index in [0.717, 1.165) is 16.6 Å². The summed E-state index contributed by atoms with van der Waals surface area (Å²) in [5.41, 5.74) is 1.13. The third-order valence-electron chi connectivity index (χ3n) is 2.43. The van der Waals surface area contributed by atoms with Crippen LogP contribution in [-0.4, -0.2) is 32.3 Å². The van der Waals surface area contributed by atoms with Crippen molar-refractivity contribution < 1.29 is 14.2 Å². The second kappa shape index (κ2) is 7.69. The van der Waals surface area contributed by atoms with Crippen LogP contribution in [0.4, 0.5) is 0 Å². The Kier molecular flexibility index (Phi) is 6.55. The molecule has 0 spiro atoms. The third-order valence-corrected chi connectivity index (χ3v) is 3.01. The Morgan fingerprint density at radius 1 is 1.18 bits per heavy atom. The molecule has 0 amide bonds. The molecule has 17 heavy (non-hydrogen) atoms. The summed E-state index contributed by atoms with van der Waals surface area (Å²) >= 11 is 3.47. The van der Waals surface area contributed by atoms with Gasteiger partial charge in [-0.15, -0.1) is 0 Å². The van der Waals surface area contributed by atoms with Gasteiger partial charge in [-0.2, -0.15) is 0 Å². The van der Waals surface area contributed by atoms with Crippen LogP contribution >= 0.6 is 15.9 Å². The van der Waals surface area contributed by atoms with E-state index < -0.39 is 0 Å². The van der Waals surface area contributed by atoms with Crippen LogP contribution in [0.1, 0.15) is 18.6 Å². The molecule has 0 aliphatic carbocycles. The van der Waals surface area contributed by atoms with Crippen molar-refractivity contribution in [2.75, 3.05) is 26.2 Å². The maximum Gasteiger partial charge on any atom is 0.118 e. The summed E-state index contributed by atoms with van der Waals surface area (Å²) in [6.45, 7) is 2.60. The van der Waals surface area contributed by atoms with E-state index in [2.05, 4.69) is 15.9 Å². The van der Waals surface area contributed by atoms with E-state index in [4.69, 9.17) is 14.2 Å². The van der Waals surface area contributed by atoms with Gasteiger partial charge in [0, 0.05) is 12.4 Å². The largest absolute Gasteiger partial charge is 0.497 e. The lowest BCUT2D eigenvalue weighted by molar-refractivity contribution is -0.0298. The molecule has 1 aromatic rings. The number of methoxy groups -OCH3 is 2. The Hall–Kier alpha value is -0.580. The second-order valence-electron chi connectivity index (χ2n) is 3.82. The van der Waals surface area contributed by atoms with Gasteiger partial charge in [-0.05, 0) is 24.6 Å². The topological polar surface area (TPSA) is 27.7 Å². The first kappa shape index (κ1) is 14.5. The summed E-state index contributed by atoms with van der Waals surface area (Å²) < 4.78 is 16.1. The summed E-state index contributed by atoms with van der Waals surface area (Å²) in [5.74, 6) is 0.854. The van der Waals surface area contributed by atoms with E-state index in [1.54, 1.807) is 14.2 Å². The Bertz CT molecular complexity index is 313. The molecule has 0 aliphatic heterocycles. The third kappa shape index (κ3) is 4.66. The van der Waals surface area contributed by atoms with Crippen molar-refractivity contribution >= 4 is 15.9 Å². The minimum absolute atomic E-state index is 0.0334. The molecular formula is C13H19BrO3. The molecule has 1 aromatic carbocycles. The lowest BCUT2D eigenvalue weighted by atomic mass is 10.1. The fourth-order valence-electron chi connectivity index (χ4n) is 1.58. The van der Waals surface area contributed by atoms with Crippen LogP contribution in [0.5, 0.6) is 5.75 Å². The normalized spacial score (nSPS) is 14.4. The molecule has 0 fully saturated rings. The first-order valence-electron chi connectivity index (χ1n) is 5.55. The Morgan fingerprint density at radius 3 is 2.29 bits per heavy atom. The summed E-state index contributed by atoms with van der Waals surface area (Å²) in [6.07, 6.45) is 0.107. The van der Waals surface area contributed by atoms with Crippen molar-refractivity contribution in [3.05, 3.63) is 29.8 Å². The zero-order valence-corrected chi connectivity index (χ0v) is 12.1. The van der Waals surface area contributed by atoms with Crippen molar-refractivity contribution in [3.8, 4) is 5.75 Å². The molecule has 2 unspecified atom stereocenters. The zero-order valence-electron chi connectivity index (χ0n) is 10.5. The van der Waals surface area contributed by atoms with E-state index in [0.29, 0.717) is 6.61 Å². The van der Waals surface area contributed by atoms with Crippen molar-refractivity contribution in [2.45, 2.75) is 19.1 Å². The highest BCUT2D eigenvalue weighted by molar-refractivity contribution is 9.09. The lowest BCUT2D eigenvalue weighted by Crippen LogP contribution is -2.19. The van der Waals surface area contributed by atoms with Gasteiger partial charge >= 0.3 is 0 Å². The van der Waals surface area contributed by atoms with Crippen LogP contribution in [0, 0.1) is 0 Å². The molecule has 0 saturated carbocycles. The quantitative estimate of drug-likeness (QED) is 0.724. The minimum Gasteiger partial charge on any atom is -0.497 e. The lowest BCUT2D eigenvalue weighted by Gasteiger charge is -2.21. The highest BCUT2D eigenvalue weighted by atomic mass is 79.9. The van der Waals surface area contributed by atoms with Gasteiger partial charge in [0.2, 0.25) is 0 Å². The summed E-state index contributed by atoms with van der Waals surface area (Å²) in [6, 6.07) is 7.92. The monoisotopic (exact) mass is 302 g/mol. The molecule has 0 saturated heterocycles. The van der Waals surface area contributed by atoms with Gasteiger partial charge in [0.25, 0.3) is 0 Å². The van der Waals surface area contributed by atoms with Gasteiger partial charge in [-0.3, -0.25) is 0 Å². The van der Waals surface area contributed by atoms with E-state index in [1.807, 2.05) is 31.2 Å². The van der Waals surface area contributed by atoms with Gasteiger partial charge < -0.3 is 14.2 Å². The molecule has 0 radical (unpaired) electrons. The molecule has 3 nitrogen and oxygen atoms in total. The van der Waals surface area contributed by atoms with Gasteiger partial charge in [0.15, 0.2) is 0 Å². The molecule has 1 rings (SSSR count). The molecule has 96 valence electrons. The van der Waals surface area contributed by atoms with E-state index >= 15 is 0 Å². The molecule has 0 aliphatic rings. The van der Waals surface area contributed by atoms with E-state index in [9.17, 15) is 0 Å². The summed E-state index contributed by atoms with van der Waals surface area (Å²) in [5, 5.41) is 0.757. The van der Waals surface area contributed by atoms with Crippen LogP contribution in [0.3, 0.4) is 0 Å². The predicted octanol–water partition coefficient (Wildman–Crippen LogP) is 3.18. The van der Waals surface area contributed by atoms with E-state index in [-0.39, 0.29) is 12.2 Å². The molecule has 0 heterocycles. The van der Waals surface area contributed by atoms with Gasteiger partial charge in [-0.25, -0.2) is 0 Å². The highest BCUT2D eigenvalue weighted by Crippen LogP contribution is 2.23. The predicted molar refractivity (Wildman–Crippen MR) is 72.0 cm³/mol. The highest BCUT2D eigenvalue weighted by Gasteiger charge is 2.14. The fraction of sp³-hybridized carbons (Fsp3) is 0.538. The zero-order chi connectivity index (χ0) is 12.7. The Balaban J connectivity index is 2.65. The number of benzene rings is 1. The maximum absolute atomic E-state index is 5.89. The molecule has 0 aromatic heterocycles. The molecule has 0 N–H and O–H groups in total. The molecular weight excluding hydrogens is 284 g/mol. The molecule has 0 bridgehead atoms. The molecule has 2 atom stereocenters. The van der Waals surface area contributed by atoms with Crippen LogP contribution in [0.25, 0.3) is 0 Å². The summed E-state index contributed by atoms with van der Waals surface area (Å²) in [7, 11) is 3.34. The maximum atomic E-state index is 5.89. The van der Waals surface area contributed by atoms with Crippen LogP contribution in [-0.2, 0) is 9.47 Å². The number of hydrogen-bond acceptors (Lipinski definition) is 3. The van der Waals surface area contributed by atoms with Crippen molar-refractivity contribution in [1.29, 1.82) is 0 Å². The standard InChI is InChI=1S/C13H19BrO3/c1-10(9-15-2)17-13(8-14)11-4-6-12(16-3)7-5-11/h4-7,10,13H,8-9H2,1-3H3. The van der Waals surface area contributed by atoms with Crippen molar-refractivity contribution in [1.82, 2.24) is 0 Å². The number of hydrogen-bond donors (Lipinski definition) is 0. The average Bonchev–Trinajstić information content (AvgIpc) is 2.36. The number of alkyl halides is 1. The van der Waals surface area contributed by atoms with Crippen LogP contribution in [0.2, 0.25) is 0 Å². The minimum atomic E-state index is 0.0334. The summed E-state index contributed by atoms with van der Waals surface area (Å²) in [4.78, 5) is 0. The van der Waals surface area contributed by atoms with E-state index in [1.165, 1.54) is 0 Å².